The summed E-state index contributed by atoms with van der Waals surface area (Å²) in [5.74, 6) is 0.556. The average molecular weight is 304 g/mol. The molecule has 5 heteroatoms. The van der Waals surface area contributed by atoms with E-state index in [1.165, 1.54) is 38.5 Å². The summed E-state index contributed by atoms with van der Waals surface area (Å²) in [5.41, 5.74) is 2.69. The van der Waals surface area contributed by atoms with Crippen LogP contribution >= 0.6 is 0 Å². The second-order valence-electron chi connectivity index (χ2n) is 6.73. The Hall–Kier alpha value is -1.64. The third kappa shape index (κ3) is 3.49. The van der Waals surface area contributed by atoms with E-state index in [1.54, 1.807) is 6.07 Å². The van der Waals surface area contributed by atoms with Crippen molar-refractivity contribution in [2.75, 3.05) is 6.54 Å². The van der Waals surface area contributed by atoms with Gasteiger partial charge in [0.25, 0.3) is 5.91 Å². The van der Waals surface area contributed by atoms with E-state index in [-0.39, 0.29) is 5.91 Å². The molecule has 2 aromatic rings. The van der Waals surface area contributed by atoms with Crippen molar-refractivity contribution in [1.82, 2.24) is 9.88 Å². The molecule has 0 saturated heterocycles. The number of rotatable bonds is 3. The summed E-state index contributed by atoms with van der Waals surface area (Å²) >= 11 is 0. The number of aromatic nitrogens is 1. The van der Waals surface area contributed by atoms with Gasteiger partial charge in [-0.05, 0) is 24.8 Å². The van der Waals surface area contributed by atoms with Gasteiger partial charge in [0, 0.05) is 30.7 Å². The minimum absolute atomic E-state index is 0.0451. The number of benzene rings is 1. The van der Waals surface area contributed by atoms with Crippen LogP contribution in [-0.4, -0.2) is 32.7 Å². The molecular weight excluding hydrogens is 282 g/mol. The molecule has 3 rings (SSSR count). The number of hydrogen-bond acceptors (Lipinski definition) is 1. The van der Waals surface area contributed by atoms with Crippen molar-refractivity contribution >= 4 is 43.4 Å². The summed E-state index contributed by atoms with van der Waals surface area (Å²) in [5, 5.41) is 3.90. The highest BCUT2D eigenvalue weighted by atomic mass is 16.1. The zero-order valence-electron chi connectivity index (χ0n) is 13.8. The Kier molecular flexibility index (Phi) is 4.84. The van der Waals surface area contributed by atoms with Gasteiger partial charge >= 0.3 is 0 Å². The van der Waals surface area contributed by atoms with Crippen LogP contribution in [0.15, 0.2) is 18.3 Å². The molecule has 1 aromatic carbocycles. The average Bonchev–Trinajstić information content (AvgIpc) is 2.71. The van der Waals surface area contributed by atoms with Gasteiger partial charge in [0.1, 0.15) is 15.7 Å². The monoisotopic (exact) mass is 304 g/mol. The summed E-state index contributed by atoms with van der Waals surface area (Å²) in [7, 11) is 13.9. The molecule has 0 atom stereocenters. The summed E-state index contributed by atoms with van der Waals surface area (Å²) < 4.78 is 1.91. The van der Waals surface area contributed by atoms with E-state index in [0.29, 0.717) is 22.4 Å². The second-order valence-corrected chi connectivity index (χ2v) is 6.73. The van der Waals surface area contributed by atoms with Crippen LogP contribution in [0.25, 0.3) is 10.9 Å². The molecule has 1 aliphatic carbocycles. The molecule has 4 radical (unpaired) electrons. The van der Waals surface area contributed by atoms with Gasteiger partial charge in [-0.15, -0.1) is 0 Å². The lowest BCUT2D eigenvalue weighted by atomic mass is 9.84. The number of nitrogens with one attached hydrogen (secondary N) is 1. The van der Waals surface area contributed by atoms with Gasteiger partial charge in [-0.25, -0.2) is 0 Å². The van der Waals surface area contributed by atoms with Crippen LogP contribution in [0.3, 0.4) is 0 Å². The Morgan fingerprint density at radius 2 is 1.91 bits per heavy atom. The van der Waals surface area contributed by atoms with Gasteiger partial charge in [-0.2, -0.15) is 0 Å². The first kappa shape index (κ1) is 16.2. The number of aryl methyl sites for hydroxylation is 1. The van der Waals surface area contributed by atoms with Gasteiger partial charge < -0.3 is 9.88 Å². The first-order valence-corrected chi connectivity index (χ1v) is 8.48. The number of carbonyl (C=O) groups excluding carboxylic acids is 1. The summed E-state index contributed by atoms with van der Waals surface area (Å²) in [6.45, 7) is 0.754. The standard InChI is InChI=1S/C18H22B2N2O/c1-22-11-14(17-15(20)8-13(19)9-16(17)22)18(23)21-10-12-6-4-2-3-5-7-12/h8-9,11-12H,2-7,10H2,1H3,(H,21,23). The van der Waals surface area contributed by atoms with E-state index < -0.39 is 0 Å². The molecule has 1 amide bonds. The molecule has 0 spiro atoms. The fourth-order valence-corrected chi connectivity index (χ4v) is 3.64. The van der Waals surface area contributed by atoms with Crippen LogP contribution in [0.1, 0.15) is 48.9 Å². The fourth-order valence-electron chi connectivity index (χ4n) is 3.64. The van der Waals surface area contributed by atoms with Gasteiger partial charge in [-0.3, -0.25) is 4.79 Å². The molecule has 1 aliphatic rings. The number of amides is 1. The van der Waals surface area contributed by atoms with Crippen LogP contribution in [0, 0.1) is 5.92 Å². The molecule has 1 aromatic heterocycles. The van der Waals surface area contributed by atoms with Crippen molar-refractivity contribution in [2.45, 2.75) is 38.5 Å². The van der Waals surface area contributed by atoms with E-state index in [0.717, 1.165) is 17.4 Å². The Labute approximate surface area is 140 Å². The fraction of sp³-hybridized carbons (Fsp3) is 0.500. The predicted molar refractivity (Wildman–Crippen MR) is 97.2 cm³/mol. The summed E-state index contributed by atoms with van der Waals surface area (Å²) in [6.07, 6.45) is 9.48. The number of fused-ring (bicyclic) bond motifs is 1. The highest BCUT2D eigenvalue weighted by Gasteiger charge is 2.18. The lowest BCUT2D eigenvalue weighted by Gasteiger charge is -2.14. The van der Waals surface area contributed by atoms with E-state index in [9.17, 15) is 4.79 Å². The summed E-state index contributed by atoms with van der Waals surface area (Å²) in [6, 6.07) is 3.57. The van der Waals surface area contributed by atoms with Gasteiger partial charge in [0.15, 0.2) is 0 Å². The molecule has 1 fully saturated rings. The number of hydrogen-bond donors (Lipinski definition) is 1. The van der Waals surface area contributed by atoms with Gasteiger partial charge in [0.2, 0.25) is 0 Å². The maximum absolute atomic E-state index is 12.6. The Morgan fingerprint density at radius 3 is 2.61 bits per heavy atom. The van der Waals surface area contributed by atoms with Crippen LogP contribution in [0.2, 0.25) is 0 Å². The van der Waals surface area contributed by atoms with Gasteiger partial charge in [0.05, 0.1) is 5.56 Å². The molecular formula is C18H22B2N2O. The minimum atomic E-state index is -0.0451. The molecule has 0 bridgehead atoms. The molecule has 23 heavy (non-hydrogen) atoms. The van der Waals surface area contributed by atoms with E-state index >= 15 is 0 Å². The number of carbonyl (C=O) groups is 1. The largest absolute Gasteiger partial charge is 0.352 e. The molecule has 0 unspecified atom stereocenters. The quantitative estimate of drug-likeness (QED) is 0.676. The third-order valence-corrected chi connectivity index (χ3v) is 4.91. The van der Waals surface area contributed by atoms with Crippen LogP contribution in [0.5, 0.6) is 0 Å². The SMILES string of the molecule is [B]c1cc([B])c2c(C(=O)NCC3CCCCCC3)cn(C)c2c1. The Balaban J connectivity index is 1.78. The maximum atomic E-state index is 12.6. The lowest BCUT2D eigenvalue weighted by molar-refractivity contribution is 0.0947. The Bertz CT molecular complexity index is 715. The van der Waals surface area contributed by atoms with E-state index in [2.05, 4.69) is 5.32 Å². The van der Waals surface area contributed by atoms with Crippen molar-refractivity contribution in [1.29, 1.82) is 0 Å². The lowest BCUT2D eigenvalue weighted by Crippen LogP contribution is -2.29. The van der Waals surface area contributed by atoms with Crippen molar-refractivity contribution in [3.63, 3.8) is 0 Å². The second kappa shape index (κ2) is 6.86. The topological polar surface area (TPSA) is 34.0 Å². The molecule has 0 aliphatic heterocycles. The van der Waals surface area contributed by atoms with Crippen LogP contribution < -0.4 is 16.2 Å². The van der Waals surface area contributed by atoms with Crippen molar-refractivity contribution < 1.29 is 4.79 Å². The highest BCUT2D eigenvalue weighted by Crippen LogP contribution is 2.23. The van der Waals surface area contributed by atoms with Crippen molar-refractivity contribution in [3.05, 3.63) is 23.9 Å². The predicted octanol–water partition coefficient (Wildman–Crippen LogP) is 1.47. The molecule has 1 heterocycles. The molecule has 1 saturated carbocycles. The third-order valence-electron chi connectivity index (χ3n) is 4.91. The first-order valence-electron chi connectivity index (χ1n) is 8.48. The van der Waals surface area contributed by atoms with Crippen LogP contribution in [0.4, 0.5) is 0 Å². The Morgan fingerprint density at radius 1 is 1.22 bits per heavy atom. The van der Waals surface area contributed by atoms with Gasteiger partial charge in [-0.1, -0.05) is 42.7 Å². The van der Waals surface area contributed by atoms with Crippen molar-refractivity contribution in [3.8, 4) is 0 Å². The molecule has 1 N–H and O–H groups in total. The first-order chi connectivity index (χ1) is 11.1. The zero-order chi connectivity index (χ0) is 16.4. The molecule has 116 valence electrons. The normalized spacial score (nSPS) is 16.4. The zero-order valence-corrected chi connectivity index (χ0v) is 13.8. The van der Waals surface area contributed by atoms with Crippen molar-refractivity contribution in [2.24, 2.45) is 13.0 Å². The van der Waals surface area contributed by atoms with E-state index in [4.69, 9.17) is 15.7 Å². The smallest absolute Gasteiger partial charge is 0.253 e. The number of nitrogens with zero attached hydrogens (tertiary/aromatic N) is 1. The molecule has 3 nitrogen and oxygen atoms in total. The minimum Gasteiger partial charge on any atom is -0.352 e. The highest BCUT2D eigenvalue weighted by molar-refractivity contribution is 6.44. The summed E-state index contributed by atoms with van der Waals surface area (Å²) in [4.78, 5) is 12.6. The van der Waals surface area contributed by atoms with Crippen LogP contribution in [-0.2, 0) is 7.05 Å². The van der Waals surface area contributed by atoms with E-state index in [1.807, 2.05) is 23.9 Å². The maximum Gasteiger partial charge on any atom is 0.253 e.